The Morgan fingerprint density at radius 1 is 1.30 bits per heavy atom. The number of methoxy groups -OCH3 is 1. The van der Waals surface area contributed by atoms with Gasteiger partial charge in [0.2, 0.25) is 11.8 Å². The Bertz CT molecular complexity index is 377. The van der Waals surface area contributed by atoms with Crippen LogP contribution in [0.2, 0.25) is 0 Å². The fraction of sp³-hybridized carbons (Fsp3) is 0.889. The fourth-order valence-corrected chi connectivity index (χ4v) is 2.86. The van der Waals surface area contributed by atoms with Crippen LogP contribution in [0.3, 0.4) is 0 Å². The second-order valence-electron chi connectivity index (χ2n) is 7.73. The van der Waals surface area contributed by atoms with E-state index in [-0.39, 0.29) is 11.8 Å². The zero-order valence-electron chi connectivity index (χ0n) is 15.2. The summed E-state index contributed by atoms with van der Waals surface area (Å²) in [6.07, 6.45) is 7.33. The molecule has 5 nitrogen and oxygen atoms in total. The number of rotatable bonds is 8. The number of nitrogens with one attached hydrogen (secondary N) is 2. The zero-order valence-corrected chi connectivity index (χ0v) is 15.2. The molecule has 0 aromatic heterocycles. The van der Waals surface area contributed by atoms with Gasteiger partial charge in [0.1, 0.15) is 12.1 Å². The van der Waals surface area contributed by atoms with Crippen LogP contribution in [0.1, 0.15) is 72.1 Å². The van der Waals surface area contributed by atoms with Gasteiger partial charge in [0.05, 0.1) is 0 Å². The molecule has 1 saturated heterocycles. The second-order valence-corrected chi connectivity index (χ2v) is 7.73. The molecule has 0 aromatic rings. The molecule has 0 saturated carbocycles. The van der Waals surface area contributed by atoms with Crippen LogP contribution in [0.25, 0.3) is 0 Å². The summed E-state index contributed by atoms with van der Waals surface area (Å²) in [5.74, 6) is -0.235. The SMILES string of the molecule is CO[C@H](CCCCCC(C)(C)C)C(=O)N[C@H]1CCCCNC1=O. The summed E-state index contributed by atoms with van der Waals surface area (Å²) in [6.45, 7) is 7.44. The summed E-state index contributed by atoms with van der Waals surface area (Å²) >= 11 is 0. The van der Waals surface area contributed by atoms with Crippen molar-refractivity contribution in [2.45, 2.75) is 84.3 Å². The Morgan fingerprint density at radius 3 is 2.70 bits per heavy atom. The number of carbonyl (C=O) groups is 2. The maximum absolute atomic E-state index is 12.3. The molecule has 2 atom stereocenters. The van der Waals surface area contributed by atoms with Crippen LogP contribution in [0.4, 0.5) is 0 Å². The van der Waals surface area contributed by atoms with Gasteiger partial charge in [0.25, 0.3) is 0 Å². The third-order valence-corrected chi connectivity index (χ3v) is 4.32. The molecule has 0 unspecified atom stereocenters. The summed E-state index contributed by atoms with van der Waals surface area (Å²) in [5.41, 5.74) is 0.366. The van der Waals surface area contributed by atoms with E-state index in [2.05, 4.69) is 31.4 Å². The Hall–Kier alpha value is -1.10. The molecule has 0 radical (unpaired) electrons. The molecule has 134 valence electrons. The third kappa shape index (κ3) is 8.35. The van der Waals surface area contributed by atoms with Crippen LogP contribution >= 0.6 is 0 Å². The van der Waals surface area contributed by atoms with Gasteiger partial charge in [-0.05, 0) is 37.5 Å². The zero-order chi connectivity index (χ0) is 17.3. The van der Waals surface area contributed by atoms with Crippen LogP contribution in [0, 0.1) is 5.41 Å². The highest BCUT2D eigenvalue weighted by Crippen LogP contribution is 2.22. The lowest BCUT2D eigenvalue weighted by molar-refractivity contribution is -0.135. The summed E-state index contributed by atoms with van der Waals surface area (Å²) in [5, 5.41) is 5.69. The molecule has 5 heteroatoms. The average Bonchev–Trinajstić information content (AvgIpc) is 2.67. The fourth-order valence-electron chi connectivity index (χ4n) is 2.86. The maximum Gasteiger partial charge on any atom is 0.249 e. The van der Waals surface area contributed by atoms with Crippen LogP contribution in [-0.2, 0) is 14.3 Å². The predicted molar refractivity (Wildman–Crippen MR) is 92.1 cm³/mol. The van der Waals surface area contributed by atoms with Gasteiger partial charge in [-0.1, -0.05) is 40.0 Å². The number of carbonyl (C=O) groups excluding carboxylic acids is 2. The second kappa shape index (κ2) is 9.91. The molecule has 2 amide bonds. The van der Waals surface area contributed by atoms with Crippen LogP contribution in [0.15, 0.2) is 0 Å². The molecule has 0 spiro atoms. The number of ether oxygens (including phenoxy) is 1. The van der Waals surface area contributed by atoms with Crippen molar-refractivity contribution in [3.63, 3.8) is 0 Å². The maximum atomic E-state index is 12.3. The van der Waals surface area contributed by atoms with E-state index in [0.29, 0.717) is 24.8 Å². The molecule has 1 aliphatic rings. The minimum absolute atomic E-state index is 0.0733. The topological polar surface area (TPSA) is 67.4 Å². The Kier molecular flexibility index (Phi) is 8.59. The molecule has 23 heavy (non-hydrogen) atoms. The minimum atomic E-state index is -0.458. The van der Waals surface area contributed by atoms with Crippen molar-refractivity contribution in [3.8, 4) is 0 Å². The van der Waals surface area contributed by atoms with E-state index in [1.54, 1.807) is 7.11 Å². The first-order valence-electron chi connectivity index (χ1n) is 8.94. The number of amides is 2. The van der Waals surface area contributed by atoms with E-state index in [9.17, 15) is 9.59 Å². The molecule has 1 aliphatic heterocycles. The van der Waals surface area contributed by atoms with Gasteiger partial charge in [-0.15, -0.1) is 0 Å². The highest BCUT2D eigenvalue weighted by molar-refractivity contribution is 5.89. The van der Waals surface area contributed by atoms with E-state index in [1.807, 2.05) is 0 Å². The highest BCUT2D eigenvalue weighted by Gasteiger charge is 2.26. The molecule has 0 aromatic carbocycles. The van der Waals surface area contributed by atoms with Crippen molar-refractivity contribution >= 4 is 11.8 Å². The monoisotopic (exact) mass is 326 g/mol. The van der Waals surface area contributed by atoms with Gasteiger partial charge >= 0.3 is 0 Å². The minimum Gasteiger partial charge on any atom is -0.372 e. The smallest absolute Gasteiger partial charge is 0.249 e. The standard InChI is InChI=1S/C18H34N2O3/c1-18(2,3)12-8-5-6-11-15(23-4)17(22)20-14-10-7-9-13-19-16(14)21/h14-15H,5-13H2,1-4H3,(H,19,21)(H,20,22)/t14-,15+/m0/s1. The van der Waals surface area contributed by atoms with Gasteiger partial charge in [0, 0.05) is 13.7 Å². The van der Waals surface area contributed by atoms with E-state index in [4.69, 9.17) is 4.74 Å². The van der Waals surface area contributed by atoms with E-state index >= 15 is 0 Å². The van der Waals surface area contributed by atoms with Crippen molar-refractivity contribution in [2.75, 3.05) is 13.7 Å². The van der Waals surface area contributed by atoms with Gasteiger partial charge in [-0.2, -0.15) is 0 Å². The van der Waals surface area contributed by atoms with Crippen molar-refractivity contribution in [1.82, 2.24) is 10.6 Å². The van der Waals surface area contributed by atoms with Crippen molar-refractivity contribution in [2.24, 2.45) is 5.41 Å². The first-order valence-corrected chi connectivity index (χ1v) is 8.94. The van der Waals surface area contributed by atoms with Crippen LogP contribution in [-0.4, -0.2) is 37.6 Å². The molecule has 1 rings (SSSR count). The van der Waals surface area contributed by atoms with Crippen LogP contribution in [0.5, 0.6) is 0 Å². The Labute approximate surface area is 140 Å². The summed E-state index contributed by atoms with van der Waals surface area (Å²) in [6, 6.07) is -0.413. The van der Waals surface area contributed by atoms with Gasteiger partial charge < -0.3 is 15.4 Å². The number of unbranched alkanes of at least 4 members (excludes halogenated alkanes) is 2. The molecular formula is C18H34N2O3. The Balaban J connectivity index is 2.32. The predicted octanol–water partition coefficient (Wildman–Crippen LogP) is 2.78. The quantitative estimate of drug-likeness (QED) is 0.674. The van der Waals surface area contributed by atoms with E-state index < -0.39 is 12.1 Å². The van der Waals surface area contributed by atoms with Crippen molar-refractivity contribution < 1.29 is 14.3 Å². The highest BCUT2D eigenvalue weighted by atomic mass is 16.5. The van der Waals surface area contributed by atoms with Gasteiger partial charge in [-0.25, -0.2) is 0 Å². The van der Waals surface area contributed by atoms with Gasteiger partial charge in [-0.3, -0.25) is 9.59 Å². The van der Waals surface area contributed by atoms with Gasteiger partial charge in [0.15, 0.2) is 0 Å². The largest absolute Gasteiger partial charge is 0.372 e. The molecule has 1 fully saturated rings. The summed E-state index contributed by atoms with van der Waals surface area (Å²) in [4.78, 5) is 24.2. The molecule has 1 heterocycles. The third-order valence-electron chi connectivity index (χ3n) is 4.32. The number of hydrogen-bond acceptors (Lipinski definition) is 3. The first kappa shape index (κ1) is 19.9. The lowest BCUT2D eigenvalue weighted by atomic mass is 9.89. The Morgan fingerprint density at radius 2 is 2.04 bits per heavy atom. The number of hydrogen-bond donors (Lipinski definition) is 2. The van der Waals surface area contributed by atoms with E-state index in [1.165, 1.54) is 12.8 Å². The molecular weight excluding hydrogens is 292 g/mol. The van der Waals surface area contributed by atoms with Crippen molar-refractivity contribution in [3.05, 3.63) is 0 Å². The van der Waals surface area contributed by atoms with Crippen molar-refractivity contribution in [1.29, 1.82) is 0 Å². The molecule has 2 N–H and O–H groups in total. The van der Waals surface area contributed by atoms with E-state index in [0.717, 1.165) is 25.7 Å². The first-order chi connectivity index (χ1) is 10.8. The van der Waals surface area contributed by atoms with Crippen LogP contribution < -0.4 is 10.6 Å². The summed E-state index contributed by atoms with van der Waals surface area (Å²) in [7, 11) is 1.56. The normalized spacial score (nSPS) is 20.5. The molecule has 0 aliphatic carbocycles. The summed E-state index contributed by atoms with van der Waals surface area (Å²) < 4.78 is 5.32. The lowest BCUT2D eigenvalue weighted by Crippen LogP contribution is -2.49. The molecule has 0 bridgehead atoms. The lowest BCUT2D eigenvalue weighted by Gasteiger charge is -2.20. The average molecular weight is 326 g/mol.